The van der Waals surface area contributed by atoms with E-state index in [2.05, 4.69) is 4.98 Å². The van der Waals surface area contributed by atoms with Crippen LogP contribution in [0.25, 0.3) is 11.5 Å². The van der Waals surface area contributed by atoms with Gasteiger partial charge in [0.2, 0.25) is 5.89 Å². The van der Waals surface area contributed by atoms with Crippen LogP contribution in [0.2, 0.25) is 0 Å². The maximum Gasteiger partial charge on any atom is 0.416 e. The van der Waals surface area contributed by atoms with Gasteiger partial charge in [-0.05, 0) is 31.2 Å². The zero-order valence-electron chi connectivity index (χ0n) is 10.2. The van der Waals surface area contributed by atoms with E-state index < -0.39 is 11.7 Å². The van der Waals surface area contributed by atoms with Gasteiger partial charge in [0.1, 0.15) is 11.5 Å². The quantitative estimate of drug-likeness (QED) is 0.777. The van der Waals surface area contributed by atoms with Crippen LogP contribution in [-0.2, 0) is 6.18 Å². The number of alkyl halides is 3. The number of benzene rings is 1. The van der Waals surface area contributed by atoms with Gasteiger partial charge in [-0.3, -0.25) is 4.79 Å². The van der Waals surface area contributed by atoms with Crippen molar-refractivity contribution in [1.29, 1.82) is 0 Å². The molecule has 1 aromatic heterocycles. The van der Waals surface area contributed by atoms with Crippen molar-refractivity contribution in [2.75, 3.05) is 0 Å². The van der Waals surface area contributed by atoms with Gasteiger partial charge >= 0.3 is 6.18 Å². The Morgan fingerprint density at radius 2 is 1.79 bits per heavy atom. The first-order valence-corrected chi connectivity index (χ1v) is 5.45. The van der Waals surface area contributed by atoms with E-state index in [9.17, 15) is 18.0 Å². The van der Waals surface area contributed by atoms with Crippen molar-refractivity contribution < 1.29 is 22.4 Å². The Morgan fingerprint density at radius 1 is 1.21 bits per heavy atom. The van der Waals surface area contributed by atoms with E-state index in [4.69, 9.17) is 4.42 Å². The van der Waals surface area contributed by atoms with Crippen molar-refractivity contribution >= 4 is 5.78 Å². The van der Waals surface area contributed by atoms with Crippen LogP contribution in [0.3, 0.4) is 0 Å². The summed E-state index contributed by atoms with van der Waals surface area (Å²) in [5, 5.41) is 0. The Balaban J connectivity index is 2.38. The Hall–Kier alpha value is -2.11. The Morgan fingerprint density at radius 3 is 2.21 bits per heavy atom. The highest BCUT2D eigenvalue weighted by atomic mass is 19.4. The smallest absolute Gasteiger partial charge is 0.416 e. The van der Waals surface area contributed by atoms with Gasteiger partial charge in [-0.15, -0.1) is 0 Å². The zero-order chi connectivity index (χ0) is 14.2. The number of rotatable bonds is 2. The number of nitrogens with zero attached hydrogens (tertiary/aromatic N) is 1. The molecule has 0 saturated heterocycles. The maximum absolute atomic E-state index is 12.4. The minimum absolute atomic E-state index is 0.136. The molecule has 0 fully saturated rings. The first-order chi connectivity index (χ1) is 8.79. The number of halogens is 3. The second-order valence-corrected chi connectivity index (χ2v) is 4.06. The van der Waals surface area contributed by atoms with Crippen LogP contribution in [0.15, 0.2) is 28.7 Å². The molecule has 19 heavy (non-hydrogen) atoms. The number of hydrogen-bond donors (Lipinski definition) is 0. The second kappa shape index (κ2) is 4.53. The number of ketones is 1. The molecule has 0 amide bonds. The number of aromatic nitrogens is 1. The zero-order valence-corrected chi connectivity index (χ0v) is 10.2. The van der Waals surface area contributed by atoms with Crippen molar-refractivity contribution in [3.8, 4) is 11.5 Å². The number of carbonyl (C=O) groups excluding carboxylic acids is 1. The summed E-state index contributed by atoms with van der Waals surface area (Å²) in [7, 11) is 0. The lowest BCUT2D eigenvalue weighted by molar-refractivity contribution is -0.137. The van der Waals surface area contributed by atoms with E-state index in [0.717, 1.165) is 12.1 Å². The number of aryl methyl sites for hydroxylation is 1. The topological polar surface area (TPSA) is 43.1 Å². The van der Waals surface area contributed by atoms with Crippen LogP contribution >= 0.6 is 0 Å². The molecule has 0 unspecified atom stereocenters. The molecular weight excluding hydrogens is 259 g/mol. The molecule has 0 radical (unpaired) electrons. The monoisotopic (exact) mass is 269 g/mol. The first-order valence-electron chi connectivity index (χ1n) is 5.45. The largest absolute Gasteiger partial charge is 0.441 e. The molecule has 1 aromatic carbocycles. The maximum atomic E-state index is 12.4. The van der Waals surface area contributed by atoms with Crippen LogP contribution in [0.5, 0.6) is 0 Å². The highest BCUT2D eigenvalue weighted by molar-refractivity contribution is 5.93. The van der Waals surface area contributed by atoms with Gasteiger partial charge in [0.05, 0.1) is 5.56 Å². The van der Waals surface area contributed by atoms with E-state index in [1.165, 1.54) is 19.1 Å². The number of carbonyl (C=O) groups is 1. The van der Waals surface area contributed by atoms with Gasteiger partial charge in [0.25, 0.3) is 0 Å². The molecule has 0 aliphatic heterocycles. The van der Waals surface area contributed by atoms with Gasteiger partial charge in [0.15, 0.2) is 5.78 Å². The third kappa shape index (κ3) is 2.67. The summed E-state index contributed by atoms with van der Waals surface area (Å²) in [5.74, 6) is 0.234. The van der Waals surface area contributed by atoms with Gasteiger partial charge in [-0.25, -0.2) is 4.98 Å². The second-order valence-electron chi connectivity index (χ2n) is 4.06. The van der Waals surface area contributed by atoms with E-state index >= 15 is 0 Å². The molecular formula is C13H10F3NO2. The molecule has 1 heterocycles. The van der Waals surface area contributed by atoms with Crippen molar-refractivity contribution in [2.24, 2.45) is 0 Å². The lowest BCUT2D eigenvalue weighted by Gasteiger charge is -2.05. The molecule has 0 N–H and O–H groups in total. The molecule has 0 bridgehead atoms. The Labute approximate surface area is 107 Å². The van der Waals surface area contributed by atoms with Crippen molar-refractivity contribution in [1.82, 2.24) is 4.98 Å². The lowest BCUT2D eigenvalue weighted by Crippen LogP contribution is -2.04. The van der Waals surface area contributed by atoms with Crippen molar-refractivity contribution in [3.63, 3.8) is 0 Å². The average Bonchev–Trinajstić information content (AvgIpc) is 2.70. The predicted molar refractivity (Wildman–Crippen MR) is 61.7 cm³/mol. The third-order valence-electron chi connectivity index (χ3n) is 2.59. The van der Waals surface area contributed by atoms with Crippen LogP contribution in [-0.4, -0.2) is 10.8 Å². The molecule has 0 aliphatic carbocycles. The molecule has 6 heteroatoms. The standard InChI is InChI=1S/C13H10F3NO2/c1-7(18)11-8(2)19-12(17-11)9-3-5-10(6-4-9)13(14,15)16/h3-6H,1-2H3. The van der Waals surface area contributed by atoms with E-state index in [1.54, 1.807) is 6.92 Å². The van der Waals surface area contributed by atoms with Crippen LogP contribution in [0, 0.1) is 6.92 Å². The fourth-order valence-electron chi connectivity index (χ4n) is 1.65. The number of oxazole rings is 1. The van der Waals surface area contributed by atoms with Crippen molar-refractivity contribution in [3.05, 3.63) is 41.3 Å². The van der Waals surface area contributed by atoms with Crippen LogP contribution in [0.1, 0.15) is 28.7 Å². The summed E-state index contributed by atoms with van der Waals surface area (Å²) < 4.78 is 42.5. The molecule has 0 spiro atoms. The van der Waals surface area contributed by atoms with Gasteiger partial charge in [0, 0.05) is 12.5 Å². The molecule has 3 nitrogen and oxygen atoms in total. The lowest BCUT2D eigenvalue weighted by atomic mass is 10.1. The normalized spacial score (nSPS) is 11.6. The van der Waals surface area contributed by atoms with E-state index in [1.807, 2.05) is 0 Å². The van der Waals surface area contributed by atoms with Gasteiger partial charge < -0.3 is 4.42 Å². The first kappa shape index (κ1) is 13.3. The summed E-state index contributed by atoms with van der Waals surface area (Å²) in [6.07, 6.45) is -4.38. The Kier molecular flexibility index (Phi) is 3.18. The molecule has 100 valence electrons. The molecule has 2 aromatic rings. The average molecular weight is 269 g/mol. The molecule has 2 rings (SSSR count). The van der Waals surface area contributed by atoms with Crippen molar-refractivity contribution in [2.45, 2.75) is 20.0 Å². The number of Topliss-reactive ketones (excluding diaryl/α,β-unsaturated/α-hetero) is 1. The summed E-state index contributed by atoms with van der Waals surface area (Å²) in [4.78, 5) is 15.2. The van der Waals surface area contributed by atoms with Crippen LogP contribution in [0.4, 0.5) is 13.2 Å². The fraction of sp³-hybridized carbons (Fsp3) is 0.231. The summed E-state index contributed by atoms with van der Waals surface area (Å²) >= 11 is 0. The molecule has 0 aliphatic rings. The Bertz CT molecular complexity index is 612. The van der Waals surface area contributed by atoms with E-state index in [-0.39, 0.29) is 17.4 Å². The van der Waals surface area contributed by atoms with E-state index in [0.29, 0.717) is 11.3 Å². The summed E-state index contributed by atoms with van der Waals surface area (Å²) in [6.45, 7) is 2.93. The minimum atomic E-state index is -4.38. The minimum Gasteiger partial charge on any atom is -0.441 e. The third-order valence-corrected chi connectivity index (χ3v) is 2.59. The summed E-state index contributed by atoms with van der Waals surface area (Å²) in [5.41, 5.74) is -0.162. The highest BCUT2D eigenvalue weighted by Gasteiger charge is 2.30. The highest BCUT2D eigenvalue weighted by Crippen LogP contribution is 2.31. The molecule has 0 atom stereocenters. The van der Waals surface area contributed by atoms with Gasteiger partial charge in [-0.1, -0.05) is 0 Å². The summed E-state index contributed by atoms with van der Waals surface area (Å²) in [6, 6.07) is 4.42. The molecule has 0 saturated carbocycles. The van der Waals surface area contributed by atoms with Crippen LogP contribution < -0.4 is 0 Å². The fourth-order valence-corrected chi connectivity index (χ4v) is 1.65. The SMILES string of the molecule is CC(=O)c1nc(-c2ccc(C(F)(F)F)cc2)oc1C. The predicted octanol–water partition coefficient (Wildman–Crippen LogP) is 3.87. The van der Waals surface area contributed by atoms with Gasteiger partial charge in [-0.2, -0.15) is 13.2 Å². The number of hydrogen-bond acceptors (Lipinski definition) is 3.